The molecule has 3 heterocycles. The van der Waals surface area contributed by atoms with Crippen LogP contribution < -0.4 is 9.80 Å². The first kappa shape index (κ1) is 28.2. The standard InChI is InChI=1S/C30H33ClN4O4S/c1-34(29(39)21(15-28(37)38)14-19-6-2-3-7-19)30-33-25(18-40-30)24-16-22(31)10-11-23(24)20-9-12-26(32-17-20)35-13-5-4-8-27(35)36/h9-12,16-19,21H,2-8,13-15H2,1H3,(H,37,38)/t21-/m1/s1. The van der Waals surface area contributed by atoms with Crippen molar-refractivity contribution in [2.45, 2.75) is 57.8 Å². The van der Waals surface area contributed by atoms with E-state index in [-0.39, 0.29) is 18.2 Å². The van der Waals surface area contributed by atoms with E-state index >= 15 is 0 Å². The van der Waals surface area contributed by atoms with Gasteiger partial charge in [-0.1, -0.05) is 43.4 Å². The van der Waals surface area contributed by atoms with Crippen LogP contribution in [0.2, 0.25) is 5.02 Å². The van der Waals surface area contributed by atoms with Gasteiger partial charge in [-0.3, -0.25) is 24.2 Å². The van der Waals surface area contributed by atoms with Crippen molar-refractivity contribution in [3.8, 4) is 22.4 Å². The zero-order chi connectivity index (χ0) is 28.2. The number of hydrogen-bond acceptors (Lipinski definition) is 6. The lowest BCUT2D eigenvalue weighted by Gasteiger charge is -2.25. The van der Waals surface area contributed by atoms with Crippen LogP contribution >= 0.6 is 22.9 Å². The summed E-state index contributed by atoms with van der Waals surface area (Å²) < 4.78 is 0. The van der Waals surface area contributed by atoms with Gasteiger partial charge in [0, 0.05) is 53.7 Å². The van der Waals surface area contributed by atoms with E-state index < -0.39 is 11.9 Å². The number of hydrogen-bond donors (Lipinski definition) is 1. The molecule has 1 aliphatic heterocycles. The van der Waals surface area contributed by atoms with Crippen molar-refractivity contribution in [1.82, 2.24) is 9.97 Å². The number of carboxylic acid groups (broad SMARTS) is 1. The third kappa shape index (κ3) is 6.36. The van der Waals surface area contributed by atoms with Crippen molar-refractivity contribution in [2.24, 2.45) is 11.8 Å². The van der Waals surface area contributed by atoms with E-state index in [2.05, 4.69) is 4.98 Å². The number of nitrogens with zero attached hydrogens (tertiary/aromatic N) is 4. The van der Waals surface area contributed by atoms with Crippen molar-refractivity contribution >= 4 is 51.7 Å². The minimum atomic E-state index is -0.961. The van der Waals surface area contributed by atoms with Crippen LogP contribution in [0.25, 0.3) is 22.4 Å². The quantitative estimate of drug-likeness (QED) is 0.303. The number of carboxylic acids is 1. The number of carbonyl (C=O) groups is 3. The van der Waals surface area contributed by atoms with Crippen LogP contribution in [0.15, 0.2) is 41.9 Å². The van der Waals surface area contributed by atoms with Crippen LogP contribution in [-0.2, 0) is 14.4 Å². The van der Waals surface area contributed by atoms with Gasteiger partial charge in [-0.2, -0.15) is 0 Å². The molecule has 2 aliphatic rings. The zero-order valence-electron chi connectivity index (χ0n) is 22.5. The zero-order valence-corrected chi connectivity index (χ0v) is 24.1. The van der Waals surface area contributed by atoms with Gasteiger partial charge in [-0.25, -0.2) is 9.97 Å². The predicted octanol–water partition coefficient (Wildman–Crippen LogP) is 6.68. The predicted molar refractivity (Wildman–Crippen MR) is 158 cm³/mol. The lowest BCUT2D eigenvalue weighted by Crippen LogP contribution is -2.35. The normalized spacial score (nSPS) is 16.8. The molecule has 1 aromatic carbocycles. The molecule has 8 nitrogen and oxygen atoms in total. The van der Waals surface area contributed by atoms with Gasteiger partial charge in [-0.05, 0) is 55.0 Å². The molecule has 40 heavy (non-hydrogen) atoms. The minimum Gasteiger partial charge on any atom is -0.481 e. The molecule has 0 unspecified atom stereocenters. The summed E-state index contributed by atoms with van der Waals surface area (Å²) in [7, 11) is 1.66. The summed E-state index contributed by atoms with van der Waals surface area (Å²) in [6, 6.07) is 9.37. The Morgan fingerprint density at radius 3 is 2.65 bits per heavy atom. The number of amides is 2. The van der Waals surface area contributed by atoms with Gasteiger partial charge < -0.3 is 5.11 Å². The number of benzene rings is 1. The maximum atomic E-state index is 13.4. The summed E-state index contributed by atoms with van der Waals surface area (Å²) >= 11 is 7.72. The molecule has 210 valence electrons. The Labute approximate surface area is 243 Å². The number of carbonyl (C=O) groups excluding carboxylic acids is 2. The molecule has 1 N–H and O–H groups in total. The van der Waals surface area contributed by atoms with Gasteiger partial charge in [0.2, 0.25) is 11.8 Å². The first-order valence-corrected chi connectivity index (χ1v) is 15.1. The van der Waals surface area contributed by atoms with Crippen molar-refractivity contribution in [2.75, 3.05) is 23.4 Å². The van der Waals surface area contributed by atoms with Crippen LogP contribution in [0.4, 0.5) is 10.9 Å². The van der Waals surface area contributed by atoms with E-state index in [9.17, 15) is 19.5 Å². The third-order valence-electron chi connectivity index (χ3n) is 7.89. The molecule has 0 bridgehead atoms. The van der Waals surface area contributed by atoms with Crippen LogP contribution in [0.5, 0.6) is 0 Å². The molecule has 3 aromatic rings. The molecule has 0 spiro atoms. The first-order chi connectivity index (χ1) is 19.3. The van der Waals surface area contributed by atoms with Crippen LogP contribution in [0, 0.1) is 11.8 Å². The Bertz CT molecular complexity index is 1390. The second kappa shape index (κ2) is 12.5. The second-order valence-electron chi connectivity index (χ2n) is 10.7. The monoisotopic (exact) mass is 580 g/mol. The van der Waals surface area contributed by atoms with Crippen LogP contribution in [0.3, 0.4) is 0 Å². The topological polar surface area (TPSA) is 104 Å². The number of anilines is 2. The fourth-order valence-electron chi connectivity index (χ4n) is 5.77. The summed E-state index contributed by atoms with van der Waals surface area (Å²) in [5, 5.41) is 12.4. The molecule has 1 saturated carbocycles. The van der Waals surface area contributed by atoms with E-state index in [1.165, 1.54) is 16.2 Å². The Hall–Kier alpha value is -3.30. The Kier molecular flexibility index (Phi) is 8.81. The molecule has 5 rings (SSSR count). The van der Waals surface area contributed by atoms with E-state index in [4.69, 9.17) is 16.6 Å². The van der Waals surface area contributed by atoms with Crippen LogP contribution in [-0.4, -0.2) is 46.5 Å². The number of pyridine rings is 1. The number of piperidine rings is 1. The molecule has 2 aromatic heterocycles. The Morgan fingerprint density at radius 1 is 1.15 bits per heavy atom. The number of rotatable bonds is 9. The maximum Gasteiger partial charge on any atom is 0.304 e. The van der Waals surface area contributed by atoms with Gasteiger partial charge in [0.05, 0.1) is 12.1 Å². The van der Waals surface area contributed by atoms with Gasteiger partial charge in [0.1, 0.15) is 5.82 Å². The molecular formula is C30H33ClN4O4S. The van der Waals surface area contributed by atoms with Crippen molar-refractivity contribution in [3.05, 3.63) is 46.9 Å². The molecule has 2 amide bonds. The third-order valence-corrected chi connectivity index (χ3v) is 9.04. The van der Waals surface area contributed by atoms with Crippen LogP contribution in [0.1, 0.15) is 57.8 Å². The SMILES string of the molecule is CN(C(=O)[C@@H](CC(=O)O)CC1CCCC1)c1nc(-c2cc(Cl)ccc2-c2ccc(N3CCCCC3=O)nc2)cs1. The maximum absolute atomic E-state index is 13.4. The Morgan fingerprint density at radius 2 is 1.95 bits per heavy atom. The molecule has 0 radical (unpaired) electrons. The summed E-state index contributed by atoms with van der Waals surface area (Å²) in [5.41, 5.74) is 3.20. The van der Waals surface area contributed by atoms with Gasteiger partial charge in [-0.15, -0.1) is 11.3 Å². The summed E-state index contributed by atoms with van der Waals surface area (Å²) in [5.74, 6) is -0.604. The largest absolute Gasteiger partial charge is 0.481 e. The lowest BCUT2D eigenvalue weighted by atomic mass is 9.90. The fraction of sp³-hybridized carbons (Fsp3) is 0.433. The molecule has 2 fully saturated rings. The summed E-state index contributed by atoms with van der Waals surface area (Å²) in [6.45, 7) is 0.680. The second-order valence-corrected chi connectivity index (χ2v) is 12.0. The van der Waals surface area contributed by atoms with Gasteiger partial charge in [0.15, 0.2) is 5.13 Å². The van der Waals surface area contributed by atoms with E-state index in [1.54, 1.807) is 18.1 Å². The smallest absolute Gasteiger partial charge is 0.304 e. The molecule has 1 saturated heterocycles. The molecular weight excluding hydrogens is 548 g/mol. The number of halogens is 1. The molecule has 1 atom stereocenters. The lowest BCUT2D eigenvalue weighted by molar-refractivity contribution is -0.140. The van der Waals surface area contributed by atoms with Crippen molar-refractivity contribution in [1.29, 1.82) is 0 Å². The van der Waals surface area contributed by atoms with Crippen molar-refractivity contribution < 1.29 is 19.5 Å². The molecule has 10 heteroatoms. The number of thiazole rings is 1. The van der Waals surface area contributed by atoms with Crippen molar-refractivity contribution in [3.63, 3.8) is 0 Å². The Balaban J connectivity index is 1.38. The highest BCUT2D eigenvalue weighted by molar-refractivity contribution is 7.14. The minimum absolute atomic E-state index is 0.0983. The molecule has 1 aliphatic carbocycles. The van der Waals surface area contributed by atoms with E-state index in [1.807, 2.05) is 35.7 Å². The average Bonchev–Trinajstić information content (AvgIpc) is 3.65. The van der Waals surface area contributed by atoms with E-state index in [0.29, 0.717) is 47.0 Å². The van der Waals surface area contributed by atoms with Gasteiger partial charge in [0.25, 0.3) is 0 Å². The first-order valence-electron chi connectivity index (χ1n) is 13.8. The van der Waals surface area contributed by atoms with Gasteiger partial charge >= 0.3 is 5.97 Å². The number of aromatic nitrogens is 2. The van der Waals surface area contributed by atoms with E-state index in [0.717, 1.165) is 55.2 Å². The fourth-order valence-corrected chi connectivity index (χ4v) is 6.74. The summed E-state index contributed by atoms with van der Waals surface area (Å²) in [6.07, 6.45) is 8.99. The highest BCUT2D eigenvalue weighted by Crippen LogP contribution is 2.38. The number of aliphatic carboxylic acids is 1. The summed E-state index contributed by atoms with van der Waals surface area (Å²) in [4.78, 5) is 49.9. The average molecular weight is 581 g/mol. The highest BCUT2D eigenvalue weighted by Gasteiger charge is 2.31. The highest BCUT2D eigenvalue weighted by atomic mass is 35.5.